The molecule has 1 aromatic carbocycles. The fourth-order valence-corrected chi connectivity index (χ4v) is 1.60. The van der Waals surface area contributed by atoms with Crippen molar-refractivity contribution in [3.05, 3.63) is 35.9 Å². The van der Waals surface area contributed by atoms with Crippen molar-refractivity contribution in [2.45, 2.75) is 39.3 Å². The lowest BCUT2D eigenvalue weighted by molar-refractivity contribution is 0.0999. The Morgan fingerprint density at radius 2 is 2.00 bits per heavy atom. The Bertz CT molecular complexity index is 407. The van der Waals surface area contributed by atoms with Crippen LogP contribution in [-0.4, -0.2) is 29.9 Å². The summed E-state index contributed by atoms with van der Waals surface area (Å²) in [6, 6.07) is 7.82. The summed E-state index contributed by atoms with van der Waals surface area (Å²) in [6.45, 7) is 9.00. The van der Waals surface area contributed by atoms with Crippen LogP contribution in [0, 0.1) is 0 Å². The van der Waals surface area contributed by atoms with Crippen LogP contribution in [0.15, 0.2) is 30.3 Å². The van der Waals surface area contributed by atoms with Gasteiger partial charge in [-0.25, -0.2) is 0 Å². The maximum atomic E-state index is 9.89. The van der Waals surface area contributed by atoms with E-state index in [1.54, 1.807) is 0 Å². The van der Waals surface area contributed by atoms with E-state index in [0.29, 0.717) is 6.54 Å². The molecule has 1 rings (SSSR count). The highest BCUT2D eigenvalue weighted by atomic mass is 16.5. The number of allylic oxidation sites excluding steroid dienone is 1. The van der Waals surface area contributed by atoms with Gasteiger partial charge < -0.3 is 15.2 Å². The molecule has 1 aromatic rings. The van der Waals surface area contributed by atoms with Gasteiger partial charge in [0.15, 0.2) is 0 Å². The Balaban J connectivity index is 2.48. The second kappa shape index (κ2) is 7.31. The molecule has 0 aliphatic carbocycles. The summed E-state index contributed by atoms with van der Waals surface area (Å²) in [5.41, 5.74) is 1.03. The molecular weight excluding hydrogens is 238 g/mol. The molecule has 1 atom stereocenters. The third-order valence-electron chi connectivity index (χ3n) is 2.56. The minimum atomic E-state index is -0.516. The number of para-hydroxylation sites is 1. The molecule has 3 nitrogen and oxygen atoms in total. The normalized spacial score (nSPS) is 13.7. The molecule has 0 bridgehead atoms. The van der Waals surface area contributed by atoms with Gasteiger partial charge in [-0.1, -0.05) is 30.4 Å². The van der Waals surface area contributed by atoms with E-state index in [0.717, 1.165) is 11.3 Å². The third-order valence-corrected chi connectivity index (χ3v) is 2.56. The van der Waals surface area contributed by atoms with E-state index in [-0.39, 0.29) is 12.1 Å². The molecule has 0 amide bonds. The molecule has 0 spiro atoms. The maximum Gasteiger partial charge on any atom is 0.126 e. The van der Waals surface area contributed by atoms with Gasteiger partial charge in [-0.05, 0) is 33.8 Å². The fraction of sp³-hybridized carbons (Fsp3) is 0.500. The van der Waals surface area contributed by atoms with Crippen LogP contribution in [0.2, 0.25) is 0 Å². The standard InChI is InChI=1S/C16H25NO2/c1-5-8-13-9-6-7-10-15(13)19-12-14(18)11-17-16(2,3)4/h5-10,14,17-18H,11-12H2,1-4H3/b8-5-. The van der Waals surface area contributed by atoms with Gasteiger partial charge in [0.25, 0.3) is 0 Å². The molecule has 19 heavy (non-hydrogen) atoms. The minimum absolute atomic E-state index is 0.00381. The molecule has 0 aliphatic heterocycles. The van der Waals surface area contributed by atoms with Crippen LogP contribution >= 0.6 is 0 Å². The SMILES string of the molecule is C/C=C\c1ccccc1OCC(O)CNC(C)(C)C. The third kappa shape index (κ3) is 6.41. The summed E-state index contributed by atoms with van der Waals surface area (Å²) in [5, 5.41) is 13.1. The van der Waals surface area contributed by atoms with E-state index in [9.17, 15) is 5.11 Å². The molecule has 0 saturated carbocycles. The van der Waals surface area contributed by atoms with Crippen molar-refractivity contribution < 1.29 is 9.84 Å². The smallest absolute Gasteiger partial charge is 0.126 e. The maximum absolute atomic E-state index is 9.89. The minimum Gasteiger partial charge on any atom is -0.490 e. The highest BCUT2D eigenvalue weighted by Gasteiger charge is 2.12. The number of aliphatic hydroxyl groups is 1. The predicted molar refractivity (Wildman–Crippen MR) is 80.4 cm³/mol. The Morgan fingerprint density at radius 3 is 2.63 bits per heavy atom. The summed E-state index contributed by atoms with van der Waals surface area (Å²) < 4.78 is 5.68. The average Bonchev–Trinajstić information content (AvgIpc) is 2.35. The molecule has 1 unspecified atom stereocenters. The first kappa shape index (κ1) is 15.7. The summed E-state index contributed by atoms with van der Waals surface area (Å²) in [7, 11) is 0. The Labute approximate surface area is 116 Å². The van der Waals surface area contributed by atoms with E-state index < -0.39 is 6.10 Å². The molecule has 2 N–H and O–H groups in total. The average molecular weight is 263 g/mol. The van der Waals surface area contributed by atoms with Crippen molar-refractivity contribution in [1.29, 1.82) is 0 Å². The van der Waals surface area contributed by atoms with Gasteiger partial charge in [-0.15, -0.1) is 0 Å². The Morgan fingerprint density at radius 1 is 1.32 bits per heavy atom. The van der Waals surface area contributed by atoms with Gasteiger partial charge in [-0.3, -0.25) is 0 Å². The van der Waals surface area contributed by atoms with Crippen molar-refractivity contribution in [3.63, 3.8) is 0 Å². The van der Waals surface area contributed by atoms with E-state index in [4.69, 9.17) is 4.74 Å². The van der Waals surface area contributed by atoms with Gasteiger partial charge in [0, 0.05) is 17.6 Å². The molecule has 106 valence electrons. The summed E-state index contributed by atoms with van der Waals surface area (Å²) in [5.74, 6) is 0.801. The van der Waals surface area contributed by atoms with Crippen molar-refractivity contribution in [2.75, 3.05) is 13.2 Å². The van der Waals surface area contributed by atoms with E-state index >= 15 is 0 Å². The van der Waals surface area contributed by atoms with Gasteiger partial charge >= 0.3 is 0 Å². The van der Waals surface area contributed by atoms with Crippen LogP contribution in [0.5, 0.6) is 5.75 Å². The quantitative estimate of drug-likeness (QED) is 0.829. The number of rotatable bonds is 6. The summed E-state index contributed by atoms with van der Waals surface area (Å²) in [6.07, 6.45) is 3.45. The molecule has 0 fully saturated rings. The monoisotopic (exact) mass is 263 g/mol. The molecule has 0 heterocycles. The van der Waals surface area contributed by atoms with Crippen molar-refractivity contribution in [2.24, 2.45) is 0 Å². The Hall–Kier alpha value is -1.32. The lowest BCUT2D eigenvalue weighted by Crippen LogP contribution is -2.42. The van der Waals surface area contributed by atoms with Crippen LogP contribution in [0.25, 0.3) is 6.08 Å². The lowest BCUT2D eigenvalue weighted by atomic mass is 10.1. The second-order valence-electron chi connectivity index (χ2n) is 5.63. The second-order valence-corrected chi connectivity index (χ2v) is 5.63. The largest absolute Gasteiger partial charge is 0.490 e. The first-order valence-corrected chi connectivity index (χ1v) is 6.70. The van der Waals surface area contributed by atoms with Crippen molar-refractivity contribution in [1.82, 2.24) is 5.32 Å². The van der Waals surface area contributed by atoms with Gasteiger partial charge in [0.2, 0.25) is 0 Å². The Kier molecular flexibility index (Phi) is 6.06. The first-order valence-electron chi connectivity index (χ1n) is 6.70. The highest BCUT2D eigenvalue weighted by Crippen LogP contribution is 2.19. The zero-order valence-electron chi connectivity index (χ0n) is 12.3. The lowest BCUT2D eigenvalue weighted by Gasteiger charge is -2.23. The van der Waals surface area contributed by atoms with Crippen molar-refractivity contribution >= 4 is 6.08 Å². The van der Waals surface area contributed by atoms with Crippen molar-refractivity contribution in [3.8, 4) is 5.75 Å². The summed E-state index contributed by atoms with van der Waals surface area (Å²) in [4.78, 5) is 0. The molecule has 0 aromatic heterocycles. The number of nitrogens with one attached hydrogen (secondary N) is 1. The van der Waals surface area contributed by atoms with Gasteiger partial charge in [-0.2, -0.15) is 0 Å². The molecule has 0 saturated heterocycles. The van der Waals surface area contributed by atoms with Crippen LogP contribution < -0.4 is 10.1 Å². The predicted octanol–water partition coefficient (Wildman–Crippen LogP) is 2.85. The van der Waals surface area contributed by atoms with E-state index in [1.807, 2.05) is 43.3 Å². The van der Waals surface area contributed by atoms with Crippen LogP contribution in [0.4, 0.5) is 0 Å². The first-order chi connectivity index (χ1) is 8.92. The van der Waals surface area contributed by atoms with E-state index in [2.05, 4.69) is 26.1 Å². The molecule has 3 heteroatoms. The fourth-order valence-electron chi connectivity index (χ4n) is 1.60. The molecule has 0 radical (unpaired) electrons. The topological polar surface area (TPSA) is 41.5 Å². The molecular formula is C16H25NO2. The number of hydrogen-bond acceptors (Lipinski definition) is 3. The van der Waals surface area contributed by atoms with Gasteiger partial charge in [0.05, 0.1) is 0 Å². The summed E-state index contributed by atoms with van der Waals surface area (Å²) >= 11 is 0. The van der Waals surface area contributed by atoms with Crippen LogP contribution in [0.3, 0.4) is 0 Å². The van der Waals surface area contributed by atoms with Gasteiger partial charge in [0.1, 0.15) is 18.5 Å². The zero-order valence-corrected chi connectivity index (χ0v) is 12.3. The molecule has 0 aliphatic rings. The highest BCUT2D eigenvalue weighted by molar-refractivity contribution is 5.56. The zero-order chi connectivity index (χ0) is 14.3. The van der Waals surface area contributed by atoms with E-state index in [1.165, 1.54) is 0 Å². The number of aliphatic hydroxyl groups excluding tert-OH is 1. The number of ether oxygens (including phenoxy) is 1. The number of hydrogen-bond donors (Lipinski definition) is 2. The van der Waals surface area contributed by atoms with Crippen LogP contribution in [-0.2, 0) is 0 Å². The number of benzene rings is 1. The number of β-amino-alcohol motifs (C(OH)–C–C–N with tert-alkyl or cyclic N) is 1. The van der Waals surface area contributed by atoms with Crippen LogP contribution in [0.1, 0.15) is 33.3 Å².